The zero-order valence-electron chi connectivity index (χ0n) is 10.2. The summed E-state index contributed by atoms with van der Waals surface area (Å²) in [5, 5.41) is 0. The lowest BCUT2D eigenvalue weighted by atomic mass is 10.1. The molecule has 0 atom stereocenters. The Morgan fingerprint density at radius 1 is 1.33 bits per heavy atom. The molecule has 96 valence electrons. The summed E-state index contributed by atoms with van der Waals surface area (Å²) < 4.78 is 2.92. The Morgan fingerprint density at radius 2 is 1.94 bits per heavy atom. The fourth-order valence-electron chi connectivity index (χ4n) is 1.68. The van der Waals surface area contributed by atoms with Gasteiger partial charge in [0, 0.05) is 23.9 Å². The highest BCUT2D eigenvalue weighted by Crippen LogP contribution is 2.15. The second kappa shape index (κ2) is 5.89. The molecule has 18 heavy (non-hydrogen) atoms. The first-order valence-corrected chi connectivity index (χ1v) is 6.22. The Kier molecular flexibility index (Phi) is 4.99. The first-order chi connectivity index (χ1) is 7.99. The van der Waals surface area contributed by atoms with Crippen LogP contribution in [-0.2, 0) is 0 Å². The number of nitrogens with zero attached hydrogens (tertiary/aromatic N) is 2. The van der Waals surface area contributed by atoms with Crippen molar-refractivity contribution in [2.45, 2.75) is 19.5 Å². The van der Waals surface area contributed by atoms with Gasteiger partial charge in [-0.25, -0.2) is 9.57 Å². The highest BCUT2D eigenvalue weighted by molar-refractivity contribution is 9.10. The van der Waals surface area contributed by atoms with E-state index in [1.54, 1.807) is 6.21 Å². The molecule has 2 rings (SSSR count). The number of carbonyl (C=O) groups is 1. The van der Waals surface area contributed by atoms with Gasteiger partial charge in [-0.1, -0.05) is 28.1 Å². The van der Waals surface area contributed by atoms with Crippen LogP contribution in [0.4, 0.5) is 0 Å². The first-order valence-electron chi connectivity index (χ1n) is 5.43. The van der Waals surface area contributed by atoms with Gasteiger partial charge in [0.1, 0.15) is 0 Å². The van der Waals surface area contributed by atoms with Gasteiger partial charge in [0.2, 0.25) is 18.0 Å². The minimum Gasteiger partial charge on any atom is -1.00 e. The minimum absolute atomic E-state index is 0. The van der Waals surface area contributed by atoms with Gasteiger partial charge in [-0.05, 0) is 12.1 Å². The van der Waals surface area contributed by atoms with Crippen molar-refractivity contribution in [1.29, 1.82) is 0 Å². The average Bonchev–Trinajstić information content (AvgIpc) is 2.59. The number of rotatable bonds is 3. The molecule has 0 fully saturated rings. The Hall–Kier alpha value is -0.810. The van der Waals surface area contributed by atoms with Crippen molar-refractivity contribution in [3.05, 3.63) is 34.3 Å². The Bertz CT molecular complexity index is 504. The van der Waals surface area contributed by atoms with Crippen molar-refractivity contribution in [1.82, 2.24) is 0 Å². The van der Waals surface area contributed by atoms with Crippen LogP contribution < -0.4 is 17.0 Å². The summed E-state index contributed by atoms with van der Waals surface area (Å²) in [6.07, 6.45) is 3.60. The molecule has 1 aromatic carbocycles. The summed E-state index contributed by atoms with van der Waals surface area (Å²) in [5.41, 5.74) is 0.412. The predicted molar refractivity (Wildman–Crippen MR) is 72.2 cm³/mol. The molecular formula is C13H14Br2N2O. The monoisotopic (exact) mass is 372 g/mol. The van der Waals surface area contributed by atoms with Crippen molar-refractivity contribution in [3.63, 3.8) is 0 Å². The number of halogens is 2. The molecule has 0 radical (unpaired) electrons. The fraction of sp³-hybridized carbons (Fsp3) is 0.308. The predicted octanol–water partition coefficient (Wildman–Crippen LogP) is -0.460. The van der Waals surface area contributed by atoms with Crippen molar-refractivity contribution < 1.29 is 26.4 Å². The minimum atomic E-state index is -0.314. The summed E-state index contributed by atoms with van der Waals surface area (Å²) in [7, 11) is 0. The molecule has 1 aliphatic heterocycles. The maximum Gasteiger partial charge on any atom is 0.249 e. The third kappa shape index (κ3) is 3.36. The van der Waals surface area contributed by atoms with E-state index in [1.165, 1.54) is 0 Å². The van der Waals surface area contributed by atoms with Crippen molar-refractivity contribution in [2.24, 2.45) is 4.99 Å². The topological polar surface area (TPSA) is 32.4 Å². The number of aliphatic imine (C=N–C) groups is 1. The van der Waals surface area contributed by atoms with Crippen LogP contribution in [0.3, 0.4) is 0 Å². The van der Waals surface area contributed by atoms with Gasteiger partial charge < -0.3 is 17.0 Å². The first kappa shape index (κ1) is 15.2. The third-order valence-corrected chi connectivity index (χ3v) is 3.35. The summed E-state index contributed by atoms with van der Waals surface area (Å²) in [6.45, 7) is 4.33. The van der Waals surface area contributed by atoms with Gasteiger partial charge in [0.15, 0.2) is 6.21 Å². The molecule has 0 bridgehead atoms. The normalized spacial score (nSPS) is 16.1. The highest BCUT2D eigenvalue weighted by atomic mass is 79.9. The van der Waals surface area contributed by atoms with Gasteiger partial charge in [-0.2, -0.15) is 0 Å². The smallest absolute Gasteiger partial charge is 0.249 e. The second-order valence-corrected chi connectivity index (χ2v) is 5.40. The van der Waals surface area contributed by atoms with Crippen LogP contribution in [0.2, 0.25) is 0 Å². The molecule has 1 heterocycles. The van der Waals surface area contributed by atoms with Crippen LogP contribution in [-0.4, -0.2) is 35.0 Å². The molecule has 0 aliphatic carbocycles. The van der Waals surface area contributed by atoms with E-state index in [0.29, 0.717) is 6.54 Å². The molecule has 1 aromatic rings. The van der Waals surface area contributed by atoms with Crippen molar-refractivity contribution in [3.8, 4) is 0 Å². The summed E-state index contributed by atoms with van der Waals surface area (Å²) in [6, 6.07) is 7.41. The molecule has 5 heteroatoms. The lowest BCUT2D eigenvalue weighted by molar-refractivity contribution is -0.578. The number of hydrogen-bond donors (Lipinski definition) is 0. The van der Waals surface area contributed by atoms with E-state index in [4.69, 9.17) is 0 Å². The quantitative estimate of drug-likeness (QED) is 0.521. The van der Waals surface area contributed by atoms with E-state index in [9.17, 15) is 4.79 Å². The zero-order chi connectivity index (χ0) is 12.5. The number of benzene rings is 1. The van der Waals surface area contributed by atoms with Gasteiger partial charge in [-0.15, -0.1) is 0 Å². The van der Waals surface area contributed by atoms with Crippen molar-refractivity contribution >= 4 is 34.1 Å². The second-order valence-electron chi connectivity index (χ2n) is 4.48. The number of carbonyl (C=O) groups excluding carboxylic acids is 1. The molecule has 0 saturated heterocycles. The standard InChI is InChI=1S/C13H14BrN2O.BrH/c1-13(2)15-7-8-16(13)9-12(17)10-3-5-11(14)6-4-10;/h3-8H,9H2,1-2H3;1H/q+1;/p-1. The van der Waals surface area contributed by atoms with Gasteiger partial charge in [-0.3, -0.25) is 4.79 Å². The van der Waals surface area contributed by atoms with Gasteiger partial charge in [0.05, 0.1) is 6.21 Å². The van der Waals surface area contributed by atoms with E-state index in [1.807, 2.05) is 48.9 Å². The average molecular weight is 374 g/mol. The Labute approximate surface area is 126 Å². The van der Waals surface area contributed by atoms with Gasteiger partial charge in [0.25, 0.3) is 0 Å². The number of hydrogen-bond acceptors (Lipinski definition) is 2. The van der Waals surface area contributed by atoms with E-state index < -0.39 is 0 Å². The molecule has 1 aliphatic rings. The molecule has 0 spiro atoms. The highest BCUT2D eigenvalue weighted by Gasteiger charge is 2.33. The summed E-state index contributed by atoms with van der Waals surface area (Å²) in [5.74, 6) is 0.104. The molecule has 0 unspecified atom stereocenters. The molecule has 0 amide bonds. The van der Waals surface area contributed by atoms with Gasteiger partial charge >= 0.3 is 0 Å². The van der Waals surface area contributed by atoms with E-state index in [-0.39, 0.29) is 28.4 Å². The SMILES string of the molecule is CC1(C)N=CC=[N+]1CC(=O)c1ccc(Br)cc1.[Br-]. The largest absolute Gasteiger partial charge is 1.00 e. The van der Waals surface area contributed by atoms with Crippen LogP contribution in [0, 0.1) is 0 Å². The third-order valence-electron chi connectivity index (χ3n) is 2.82. The maximum atomic E-state index is 12.1. The summed E-state index contributed by atoms with van der Waals surface area (Å²) in [4.78, 5) is 16.4. The maximum absolute atomic E-state index is 12.1. The van der Waals surface area contributed by atoms with Crippen LogP contribution in [0.5, 0.6) is 0 Å². The summed E-state index contributed by atoms with van der Waals surface area (Å²) >= 11 is 3.35. The van der Waals surface area contributed by atoms with E-state index in [2.05, 4.69) is 20.9 Å². The lowest BCUT2D eigenvalue weighted by Crippen LogP contribution is -3.00. The zero-order valence-corrected chi connectivity index (χ0v) is 13.4. The van der Waals surface area contributed by atoms with E-state index in [0.717, 1.165) is 10.0 Å². The van der Waals surface area contributed by atoms with Crippen molar-refractivity contribution in [2.75, 3.05) is 6.54 Å². The molecule has 0 N–H and O–H groups in total. The Balaban J connectivity index is 0.00000162. The lowest BCUT2D eigenvalue weighted by Gasteiger charge is -2.13. The fourth-order valence-corrected chi connectivity index (χ4v) is 1.95. The van der Waals surface area contributed by atoms with Crippen LogP contribution in [0.1, 0.15) is 24.2 Å². The Morgan fingerprint density at radius 3 is 2.44 bits per heavy atom. The number of ketones is 1. The van der Waals surface area contributed by atoms with Crippen LogP contribution in [0.25, 0.3) is 0 Å². The number of Topliss-reactive ketones (excluding diaryl/α,β-unsaturated/α-hetero) is 1. The van der Waals surface area contributed by atoms with E-state index >= 15 is 0 Å². The molecule has 0 aromatic heterocycles. The molecule has 0 saturated carbocycles. The molecule has 3 nitrogen and oxygen atoms in total. The van der Waals surface area contributed by atoms with Crippen LogP contribution >= 0.6 is 15.9 Å². The van der Waals surface area contributed by atoms with Crippen LogP contribution in [0.15, 0.2) is 33.7 Å². The molecular weight excluding hydrogens is 360 g/mol.